The van der Waals surface area contributed by atoms with Crippen molar-refractivity contribution in [2.24, 2.45) is 0 Å². The normalized spacial score (nSPS) is 15.5. The molecule has 0 atom stereocenters. The summed E-state index contributed by atoms with van der Waals surface area (Å²) in [5.41, 5.74) is 0.509. The molecule has 1 N–H and O–H groups in total. The second-order valence-electron chi connectivity index (χ2n) is 5.88. The van der Waals surface area contributed by atoms with Crippen molar-refractivity contribution in [1.82, 2.24) is 15.2 Å². The van der Waals surface area contributed by atoms with Gasteiger partial charge in [0.05, 0.1) is 6.54 Å². The van der Waals surface area contributed by atoms with Crippen LogP contribution < -0.4 is 10.2 Å². The number of thiazole rings is 1. The molecule has 1 saturated heterocycles. The molecule has 1 aromatic carbocycles. The van der Waals surface area contributed by atoms with Gasteiger partial charge in [0.1, 0.15) is 5.82 Å². The predicted octanol–water partition coefficient (Wildman–Crippen LogP) is 2.03. The molecule has 0 spiro atoms. The Morgan fingerprint density at radius 3 is 2.71 bits per heavy atom. The standard InChI is InChI=1S/C17H21FN4OS/c1-13-10-20-17(24-13)22-8-6-21(7-9-22)12-16(23)19-11-14-4-2-3-5-15(14)18/h2-5,10H,6-9,11-12H2,1H3,(H,19,23). The van der Waals surface area contributed by atoms with Crippen LogP contribution in [-0.4, -0.2) is 48.5 Å². The summed E-state index contributed by atoms with van der Waals surface area (Å²) in [6.07, 6.45) is 1.89. The van der Waals surface area contributed by atoms with Crippen molar-refractivity contribution in [1.29, 1.82) is 0 Å². The van der Waals surface area contributed by atoms with E-state index >= 15 is 0 Å². The van der Waals surface area contributed by atoms with Gasteiger partial charge < -0.3 is 10.2 Å². The summed E-state index contributed by atoms with van der Waals surface area (Å²) in [5.74, 6) is -0.359. The number of hydrogen-bond donors (Lipinski definition) is 1. The summed E-state index contributed by atoms with van der Waals surface area (Å²) in [4.78, 5) is 22.0. The first-order valence-electron chi connectivity index (χ1n) is 8.01. The molecule has 3 rings (SSSR count). The second-order valence-corrected chi connectivity index (χ2v) is 7.10. The Labute approximate surface area is 145 Å². The molecule has 0 aliphatic carbocycles. The molecule has 0 bridgehead atoms. The minimum atomic E-state index is -0.287. The number of rotatable bonds is 5. The number of amides is 1. The third-order valence-electron chi connectivity index (χ3n) is 4.05. The minimum absolute atomic E-state index is 0.0724. The fraction of sp³-hybridized carbons (Fsp3) is 0.412. The molecular formula is C17H21FN4OS. The van der Waals surface area contributed by atoms with E-state index in [1.807, 2.05) is 6.20 Å². The van der Waals surface area contributed by atoms with E-state index in [4.69, 9.17) is 0 Å². The van der Waals surface area contributed by atoms with Crippen molar-refractivity contribution >= 4 is 22.4 Å². The molecule has 0 unspecified atom stereocenters. The van der Waals surface area contributed by atoms with Crippen molar-refractivity contribution in [3.8, 4) is 0 Å². The van der Waals surface area contributed by atoms with Crippen LogP contribution in [-0.2, 0) is 11.3 Å². The van der Waals surface area contributed by atoms with E-state index in [0.29, 0.717) is 12.1 Å². The maximum atomic E-state index is 13.5. The van der Waals surface area contributed by atoms with Gasteiger partial charge in [0.25, 0.3) is 0 Å². The second kappa shape index (κ2) is 7.72. The number of aryl methyl sites for hydroxylation is 1. The van der Waals surface area contributed by atoms with Gasteiger partial charge in [-0.05, 0) is 13.0 Å². The van der Waals surface area contributed by atoms with Crippen LogP contribution >= 0.6 is 11.3 Å². The summed E-state index contributed by atoms with van der Waals surface area (Å²) in [5, 5.41) is 3.84. The molecule has 7 heteroatoms. The Balaban J connectivity index is 1.42. The number of anilines is 1. The van der Waals surface area contributed by atoms with Crippen LogP contribution in [0.2, 0.25) is 0 Å². The summed E-state index contributed by atoms with van der Waals surface area (Å²) in [6.45, 7) is 6.01. The zero-order valence-corrected chi connectivity index (χ0v) is 14.5. The quantitative estimate of drug-likeness (QED) is 0.898. The predicted molar refractivity (Wildman–Crippen MR) is 93.8 cm³/mol. The fourth-order valence-corrected chi connectivity index (χ4v) is 3.49. The Bertz CT molecular complexity index is 697. The first kappa shape index (κ1) is 16.9. The van der Waals surface area contributed by atoms with Gasteiger partial charge in [-0.15, -0.1) is 11.3 Å². The van der Waals surface area contributed by atoms with Crippen molar-refractivity contribution in [2.75, 3.05) is 37.6 Å². The van der Waals surface area contributed by atoms with Crippen LogP contribution in [0.15, 0.2) is 30.5 Å². The van der Waals surface area contributed by atoms with E-state index in [2.05, 4.69) is 27.0 Å². The molecular weight excluding hydrogens is 327 g/mol. The maximum Gasteiger partial charge on any atom is 0.234 e. The number of piperazine rings is 1. The molecule has 24 heavy (non-hydrogen) atoms. The average molecular weight is 348 g/mol. The van der Waals surface area contributed by atoms with Crippen LogP contribution in [0, 0.1) is 12.7 Å². The van der Waals surface area contributed by atoms with Crippen molar-refractivity contribution in [3.63, 3.8) is 0 Å². The van der Waals surface area contributed by atoms with Crippen molar-refractivity contribution in [3.05, 3.63) is 46.7 Å². The van der Waals surface area contributed by atoms with E-state index in [-0.39, 0.29) is 18.3 Å². The number of aromatic nitrogens is 1. The van der Waals surface area contributed by atoms with E-state index in [0.717, 1.165) is 31.3 Å². The largest absolute Gasteiger partial charge is 0.351 e. The molecule has 0 saturated carbocycles. The lowest BCUT2D eigenvalue weighted by Gasteiger charge is -2.34. The SMILES string of the molecule is Cc1cnc(N2CCN(CC(=O)NCc3ccccc3F)CC2)s1. The third-order valence-corrected chi connectivity index (χ3v) is 5.03. The zero-order chi connectivity index (χ0) is 16.9. The highest BCUT2D eigenvalue weighted by atomic mass is 32.1. The first-order chi connectivity index (χ1) is 11.6. The molecule has 2 aromatic rings. The highest BCUT2D eigenvalue weighted by molar-refractivity contribution is 7.15. The summed E-state index contributed by atoms with van der Waals surface area (Å²) in [7, 11) is 0. The molecule has 128 valence electrons. The van der Waals surface area contributed by atoms with Gasteiger partial charge >= 0.3 is 0 Å². The van der Waals surface area contributed by atoms with Gasteiger partial charge in [0.15, 0.2) is 5.13 Å². The number of benzene rings is 1. The minimum Gasteiger partial charge on any atom is -0.351 e. The van der Waals surface area contributed by atoms with Crippen LogP contribution in [0.1, 0.15) is 10.4 Å². The van der Waals surface area contributed by atoms with Gasteiger partial charge in [0.2, 0.25) is 5.91 Å². The average Bonchev–Trinajstić information content (AvgIpc) is 3.01. The van der Waals surface area contributed by atoms with Crippen molar-refractivity contribution < 1.29 is 9.18 Å². The maximum absolute atomic E-state index is 13.5. The monoisotopic (exact) mass is 348 g/mol. The molecule has 1 fully saturated rings. The van der Waals surface area contributed by atoms with E-state index in [9.17, 15) is 9.18 Å². The Hall–Kier alpha value is -1.99. The zero-order valence-electron chi connectivity index (χ0n) is 13.7. The van der Waals surface area contributed by atoms with Gasteiger partial charge in [0, 0.05) is 49.4 Å². The Morgan fingerprint density at radius 2 is 2.04 bits per heavy atom. The van der Waals surface area contributed by atoms with Gasteiger partial charge in [-0.3, -0.25) is 9.69 Å². The lowest BCUT2D eigenvalue weighted by Crippen LogP contribution is -2.49. The third kappa shape index (κ3) is 4.30. The molecule has 2 heterocycles. The number of carbonyl (C=O) groups is 1. The molecule has 1 aliphatic heterocycles. The highest BCUT2D eigenvalue weighted by Crippen LogP contribution is 2.22. The molecule has 1 aromatic heterocycles. The lowest BCUT2D eigenvalue weighted by atomic mass is 10.2. The topological polar surface area (TPSA) is 48.5 Å². The fourth-order valence-electron chi connectivity index (χ4n) is 2.68. The van der Waals surface area contributed by atoms with Crippen LogP contribution in [0.4, 0.5) is 9.52 Å². The number of nitrogens with one attached hydrogen (secondary N) is 1. The molecule has 0 radical (unpaired) electrons. The Kier molecular flexibility index (Phi) is 5.42. The number of hydrogen-bond acceptors (Lipinski definition) is 5. The molecule has 5 nitrogen and oxygen atoms in total. The first-order valence-corrected chi connectivity index (χ1v) is 8.83. The lowest BCUT2D eigenvalue weighted by molar-refractivity contribution is -0.122. The van der Waals surface area contributed by atoms with Crippen LogP contribution in [0.25, 0.3) is 0 Å². The molecule has 1 amide bonds. The summed E-state index contributed by atoms with van der Waals surface area (Å²) < 4.78 is 13.5. The van der Waals surface area contributed by atoms with Crippen LogP contribution in [0.3, 0.4) is 0 Å². The summed E-state index contributed by atoms with van der Waals surface area (Å²) >= 11 is 1.70. The summed E-state index contributed by atoms with van der Waals surface area (Å²) in [6, 6.07) is 6.50. The smallest absolute Gasteiger partial charge is 0.234 e. The Morgan fingerprint density at radius 1 is 1.29 bits per heavy atom. The van der Waals surface area contributed by atoms with E-state index in [1.165, 1.54) is 10.9 Å². The number of nitrogens with zero attached hydrogens (tertiary/aromatic N) is 3. The van der Waals surface area contributed by atoms with Crippen LogP contribution in [0.5, 0.6) is 0 Å². The van der Waals surface area contributed by atoms with Gasteiger partial charge in [-0.2, -0.15) is 0 Å². The van der Waals surface area contributed by atoms with Gasteiger partial charge in [-0.25, -0.2) is 9.37 Å². The van der Waals surface area contributed by atoms with E-state index in [1.54, 1.807) is 29.5 Å². The van der Waals surface area contributed by atoms with E-state index < -0.39 is 0 Å². The number of carbonyl (C=O) groups excluding carboxylic acids is 1. The van der Waals surface area contributed by atoms with Gasteiger partial charge in [-0.1, -0.05) is 18.2 Å². The molecule has 1 aliphatic rings. The highest BCUT2D eigenvalue weighted by Gasteiger charge is 2.20. The van der Waals surface area contributed by atoms with Crippen molar-refractivity contribution in [2.45, 2.75) is 13.5 Å². The number of halogens is 1.